The van der Waals surface area contributed by atoms with Crippen LogP contribution < -0.4 is 0 Å². The standard InChI is InChI=1S/C12H22ClNO2/c1-2-9-16-10-12(15)14-8-4-6-11(14)5-3-7-13/h11H,2-10H2,1H3. The van der Waals surface area contributed by atoms with Crippen LogP contribution in [-0.2, 0) is 9.53 Å². The predicted molar refractivity (Wildman–Crippen MR) is 65.8 cm³/mol. The normalized spacial score (nSPS) is 20.4. The second-order valence-electron chi connectivity index (χ2n) is 4.27. The van der Waals surface area contributed by atoms with Crippen LogP contribution in [0, 0.1) is 0 Å². The molecule has 4 heteroatoms. The molecule has 1 unspecified atom stereocenters. The molecule has 0 radical (unpaired) electrons. The van der Waals surface area contributed by atoms with Crippen LogP contribution in [0.25, 0.3) is 0 Å². The lowest BCUT2D eigenvalue weighted by Gasteiger charge is -2.24. The van der Waals surface area contributed by atoms with E-state index in [2.05, 4.69) is 0 Å². The van der Waals surface area contributed by atoms with Crippen LogP contribution in [0.1, 0.15) is 39.0 Å². The zero-order valence-electron chi connectivity index (χ0n) is 10.1. The first kappa shape index (κ1) is 13.8. The summed E-state index contributed by atoms with van der Waals surface area (Å²) in [6.07, 6.45) is 5.22. The van der Waals surface area contributed by atoms with Crippen LogP contribution in [0.2, 0.25) is 0 Å². The molecule has 1 amide bonds. The molecule has 94 valence electrons. The van der Waals surface area contributed by atoms with Gasteiger partial charge >= 0.3 is 0 Å². The summed E-state index contributed by atoms with van der Waals surface area (Å²) in [5.74, 6) is 0.829. The number of likely N-dealkylation sites (tertiary alicyclic amines) is 1. The van der Waals surface area contributed by atoms with E-state index < -0.39 is 0 Å². The van der Waals surface area contributed by atoms with E-state index in [-0.39, 0.29) is 12.5 Å². The summed E-state index contributed by atoms with van der Waals surface area (Å²) >= 11 is 5.68. The van der Waals surface area contributed by atoms with E-state index in [1.807, 2.05) is 11.8 Å². The van der Waals surface area contributed by atoms with Crippen LogP contribution >= 0.6 is 11.6 Å². The number of hydrogen-bond acceptors (Lipinski definition) is 2. The third kappa shape index (κ3) is 4.30. The highest BCUT2D eigenvalue weighted by Crippen LogP contribution is 2.21. The summed E-state index contributed by atoms with van der Waals surface area (Å²) in [4.78, 5) is 13.8. The smallest absolute Gasteiger partial charge is 0.248 e. The van der Waals surface area contributed by atoms with Crippen molar-refractivity contribution in [1.82, 2.24) is 4.90 Å². The number of nitrogens with zero attached hydrogens (tertiary/aromatic N) is 1. The van der Waals surface area contributed by atoms with E-state index >= 15 is 0 Å². The van der Waals surface area contributed by atoms with Crippen molar-refractivity contribution in [2.45, 2.75) is 45.1 Å². The summed E-state index contributed by atoms with van der Waals surface area (Å²) in [5, 5.41) is 0. The van der Waals surface area contributed by atoms with E-state index in [1.165, 1.54) is 0 Å². The average molecular weight is 248 g/mol. The maximum absolute atomic E-state index is 11.9. The molecule has 0 bridgehead atoms. The molecule has 1 rings (SSSR count). The first-order valence-electron chi connectivity index (χ1n) is 6.22. The average Bonchev–Trinajstić information content (AvgIpc) is 2.74. The van der Waals surface area contributed by atoms with Gasteiger partial charge in [0.15, 0.2) is 0 Å². The third-order valence-electron chi connectivity index (χ3n) is 2.94. The molecule has 0 aromatic heterocycles. The number of ether oxygens (including phenoxy) is 1. The lowest BCUT2D eigenvalue weighted by atomic mass is 10.1. The Morgan fingerprint density at radius 1 is 1.56 bits per heavy atom. The van der Waals surface area contributed by atoms with Crippen molar-refractivity contribution in [2.24, 2.45) is 0 Å². The first-order chi connectivity index (χ1) is 7.79. The molecule has 1 atom stereocenters. The Labute approximate surface area is 103 Å². The molecule has 1 aliphatic heterocycles. The van der Waals surface area contributed by atoms with Gasteiger partial charge in [0.2, 0.25) is 5.91 Å². The minimum absolute atomic E-state index is 0.144. The highest BCUT2D eigenvalue weighted by molar-refractivity contribution is 6.17. The van der Waals surface area contributed by atoms with Crippen LogP contribution in [0.15, 0.2) is 0 Å². The molecule has 1 fully saturated rings. The lowest BCUT2D eigenvalue weighted by Crippen LogP contribution is -2.38. The van der Waals surface area contributed by atoms with Gasteiger partial charge in [-0.15, -0.1) is 11.6 Å². The number of hydrogen-bond donors (Lipinski definition) is 0. The van der Waals surface area contributed by atoms with Crippen molar-refractivity contribution >= 4 is 17.5 Å². The monoisotopic (exact) mass is 247 g/mol. The second kappa shape index (κ2) is 7.91. The van der Waals surface area contributed by atoms with Crippen LogP contribution in [0.3, 0.4) is 0 Å². The van der Waals surface area contributed by atoms with Gasteiger partial charge in [-0.3, -0.25) is 4.79 Å². The van der Waals surface area contributed by atoms with Gasteiger partial charge in [0.05, 0.1) is 0 Å². The highest BCUT2D eigenvalue weighted by Gasteiger charge is 2.27. The summed E-state index contributed by atoms with van der Waals surface area (Å²) < 4.78 is 5.29. The molecule has 3 nitrogen and oxygen atoms in total. The van der Waals surface area contributed by atoms with Crippen LogP contribution in [0.4, 0.5) is 0 Å². The molecular formula is C12H22ClNO2. The molecular weight excluding hydrogens is 226 g/mol. The largest absolute Gasteiger partial charge is 0.372 e. The first-order valence-corrected chi connectivity index (χ1v) is 6.76. The van der Waals surface area contributed by atoms with E-state index in [1.54, 1.807) is 0 Å². The van der Waals surface area contributed by atoms with E-state index in [4.69, 9.17) is 16.3 Å². The maximum Gasteiger partial charge on any atom is 0.248 e. The summed E-state index contributed by atoms with van der Waals surface area (Å²) in [6.45, 7) is 3.85. The number of rotatable bonds is 7. The number of carbonyl (C=O) groups excluding carboxylic acids is 1. The SMILES string of the molecule is CCCOCC(=O)N1CCCC1CCCCl. The zero-order chi connectivity index (χ0) is 11.8. The molecule has 0 aliphatic carbocycles. The number of halogens is 1. The Balaban J connectivity index is 2.29. The molecule has 1 saturated heterocycles. The van der Waals surface area contributed by atoms with Crippen LogP contribution in [-0.4, -0.2) is 42.5 Å². The van der Waals surface area contributed by atoms with Gasteiger partial charge in [-0.05, 0) is 32.1 Å². The zero-order valence-corrected chi connectivity index (χ0v) is 10.8. The summed E-state index contributed by atoms with van der Waals surface area (Å²) in [5.41, 5.74) is 0. The molecule has 1 aliphatic rings. The molecule has 1 heterocycles. The number of alkyl halides is 1. The topological polar surface area (TPSA) is 29.5 Å². The maximum atomic E-state index is 11.9. The predicted octanol–water partition coefficient (Wildman–Crippen LogP) is 2.42. The summed E-state index contributed by atoms with van der Waals surface area (Å²) in [6, 6.07) is 0.400. The molecule has 16 heavy (non-hydrogen) atoms. The van der Waals surface area contributed by atoms with Gasteiger partial charge in [0.25, 0.3) is 0 Å². The fraction of sp³-hybridized carbons (Fsp3) is 0.917. The Kier molecular flexibility index (Phi) is 6.81. The van der Waals surface area contributed by atoms with Crippen molar-refractivity contribution in [3.05, 3.63) is 0 Å². The van der Waals surface area contributed by atoms with Gasteiger partial charge in [-0.2, -0.15) is 0 Å². The Morgan fingerprint density at radius 3 is 3.06 bits per heavy atom. The molecule has 0 aromatic carbocycles. The van der Waals surface area contributed by atoms with Crippen molar-refractivity contribution in [1.29, 1.82) is 0 Å². The van der Waals surface area contributed by atoms with Gasteiger partial charge < -0.3 is 9.64 Å². The van der Waals surface area contributed by atoms with Crippen molar-refractivity contribution in [2.75, 3.05) is 25.6 Å². The molecule has 0 N–H and O–H groups in total. The number of amides is 1. The quantitative estimate of drug-likeness (QED) is 0.511. The molecule has 0 aromatic rings. The van der Waals surface area contributed by atoms with Crippen molar-refractivity contribution in [3.63, 3.8) is 0 Å². The Hall–Kier alpha value is -0.280. The van der Waals surface area contributed by atoms with Gasteiger partial charge in [0.1, 0.15) is 6.61 Å². The van der Waals surface area contributed by atoms with Crippen molar-refractivity contribution in [3.8, 4) is 0 Å². The minimum Gasteiger partial charge on any atom is -0.372 e. The van der Waals surface area contributed by atoms with Gasteiger partial charge in [-0.25, -0.2) is 0 Å². The fourth-order valence-electron chi connectivity index (χ4n) is 2.16. The van der Waals surface area contributed by atoms with E-state index in [9.17, 15) is 4.79 Å². The second-order valence-corrected chi connectivity index (χ2v) is 4.64. The Morgan fingerprint density at radius 2 is 2.38 bits per heavy atom. The molecule has 0 saturated carbocycles. The van der Waals surface area contributed by atoms with Gasteiger partial charge in [-0.1, -0.05) is 6.92 Å². The third-order valence-corrected chi connectivity index (χ3v) is 3.21. The lowest BCUT2D eigenvalue weighted by molar-refractivity contribution is -0.137. The highest BCUT2D eigenvalue weighted by atomic mass is 35.5. The van der Waals surface area contributed by atoms with Crippen LogP contribution in [0.5, 0.6) is 0 Å². The molecule has 0 spiro atoms. The fourth-order valence-corrected chi connectivity index (χ4v) is 2.32. The number of carbonyl (C=O) groups is 1. The summed E-state index contributed by atoms with van der Waals surface area (Å²) in [7, 11) is 0. The Bertz CT molecular complexity index is 211. The van der Waals surface area contributed by atoms with E-state index in [0.29, 0.717) is 18.5 Å². The van der Waals surface area contributed by atoms with Gasteiger partial charge in [0, 0.05) is 25.1 Å². The van der Waals surface area contributed by atoms with Crippen molar-refractivity contribution < 1.29 is 9.53 Å². The minimum atomic E-state index is 0.144. The van der Waals surface area contributed by atoms with E-state index in [0.717, 1.165) is 38.6 Å².